The number of hydrogen-bond acceptors (Lipinski definition) is 5. The van der Waals surface area contributed by atoms with E-state index in [1.54, 1.807) is 13.3 Å². The van der Waals surface area contributed by atoms with Gasteiger partial charge in [-0.2, -0.15) is 5.10 Å². The highest BCUT2D eigenvalue weighted by molar-refractivity contribution is 5.82. The minimum atomic E-state index is 0.623. The van der Waals surface area contributed by atoms with Crippen molar-refractivity contribution in [2.24, 2.45) is 5.10 Å². The lowest BCUT2D eigenvalue weighted by Gasteiger charge is -2.10. The highest BCUT2D eigenvalue weighted by Gasteiger charge is 2.20. The lowest BCUT2D eigenvalue weighted by atomic mass is 10.0. The zero-order valence-corrected chi connectivity index (χ0v) is 16.1. The number of allylic oxidation sites excluding steroid dienone is 1. The number of nitrogens with zero attached hydrogens (tertiary/aromatic N) is 4. The van der Waals surface area contributed by atoms with Crippen molar-refractivity contribution in [2.75, 3.05) is 25.6 Å². The molecule has 2 aromatic heterocycles. The van der Waals surface area contributed by atoms with Gasteiger partial charge < -0.3 is 10.1 Å². The number of methoxy groups -OCH3 is 1. The molecular weight excluding hydrogens is 350 g/mol. The summed E-state index contributed by atoms with van der Waals surface area (Å²) >= 11 is 0. The molecule has 0 saturated carbocycles. The van der Waals surface area contributed by atoms with Gasteiger partial charge in [-0.25, -0.2) is 14.6 Å². The summed E-state index contributed by atoms with van der Waals surface area (Å²) in [6, 6.07) is 12.4. The molecule has 28 heavy (non-hydrogen) atoms. The maximum Gasteiger partial charge on any atom is 0.154 e. The van der Waals surface area contributed by atoms with Crippen LogP contribution in [0.4, 0.5) is 5.82 Å². The van der Waals surface area contributed by atoms with E-state index in [1.807, 2.05) is 29.1 Å². The Morgan fingerprint density at radius 2 is 2.11 bits per heavy atom. The fourth-order valence-corrected chi connectivity index (χ4v) is 3.23. The van der Waals surface area contributed by atoms with Crippen LogP contribution in [0.1, 0.15) is 17.8 Å². The van der Waals surface area contributed by atoms with Gasteiger partial charge in [0.1, 0.15) is 11.5 Å². The van der Waals surface area contributed by atoms with Crippen LogP contribution in [-0.4, -0.2) is 41.1 Å². The summed E-state index contributed by atoms with van der Waals surface area (Å²) in [6.07, 6.45) is 8.60. The molecule has 0 bridgehead atoms. The van der Waals surface area contributed by atoms with Gasteiger partial charge >= 0.3 is 0 Å². The van der Waals surface area contributed by atoms with Gasteiger partial charge in [-0.1, -0.05) is 29.8 Å². The Labute approximate surface area is 164 Å². The molecule has 1 aromatic carbocycles. The Hall–Kier alpha value is -3.25. The number of aryl methyl sites for hydroxylation is 1. The van der Waals surface area contributed by atoms with Crippen molar-refractivity contribution in [2.45, 2.75) is 13.3 Å². The molecule has 0 radical (unpaired) electrons. The first-order valence-corrected chi connectivity index (χ1v) is 9.34. The minimum absolute atomic E-state index is 0.623. The van der Waals surface area contributed by atoms with Crippen LogP contribution in [0.3, 0.4) is 0 Å². The van der Waals surface area contributed by atoms with E-state index in [4.69, 9.17) is 9.72 Å². The van der Waals surface area contributed by atoms with E-state index in [0.29, 0.717) is 13.2 Å². The average molecular weight is 373 g/mol. The standard InChI is InChI=1S/C22H23N5O/c1-16-6-5-7-17(14-16)21-22(27-20(26-21)8-3-4-10-25-27)18-9-11-23-19(15-18)24-12-13-28-2/h3,5-11,14-15H,4,12-13H2,1-2H3,(H,23,24). The highest BCUT2D eigenvalue weighted by Crippen LogP contribution is 2.34. The van der Waals surface area contributed by atoms with E-state index in [9.17, 15) is 0 Å². The zero-order chi connectivity index (χ0) is 19.3. The Balaban J connectivity index is 1.85. The number of benzene rings is 1. The molecule has 0 amide bonds. The van der Waals surface area contributed by atoms with Gasteiger partial charge in [0.15, 0.2) is 5.82 Å². The third kappa shape index (κ3) is 3.73. The van der Waals surface area contributed by atoms with Crippen LogP contribution in [0.5, 0.6) is 0 Å². The number of ether oxygens (including phenoxy) is 1. The first-order valence-electron chi connectivity index (χ1n) is 9.34. The number of pyridine rings is 1. The Kier molecular flexibility index (Phi) is 5.30. The molecule has 0 unspecified atom stereocenters. The van der Waals surface area contributed by atoms with Crippen LogP contribution in [0.25, 0.3) is 28.6 Å². The molecule has 1 aliphatic rings. The topological polar surface area (TPSA) is 64.3 Å². The summed E-state index contributed by atoms with van der Waals surface area (Å²) < 4.78 is 7.02. The average Bonchev–Trinajstić information content (AvgIpc) is 2.91. The zero-order valence-electron chi connectivity index (χ0n) is 16.1. The van der Waals surface area contributed by atoms with Gasteiger partial charge in [-0.15, -0.1) is 0 Å². The van der Waals surface area contributed by atoms with Crippen molar-refractivity contribution >= 4 is 18.1 Å². The fourth-order valence-electron chi connectivity index (χ4n) is 3.23. The lowest BCUT2D eigenvalue weighted by molar-refractivity contribution is 0.210. The molecule has 0 fully saturated rings. The van der Waals surface area contributed by atoms with Crippen LogP contribution in [0, 0.1) is 6.92 Å². The summed E-state index contributed by atoms with van der Waals surface area (Å²) in [5, 5.41) is 7.93. The molecule has 1 N–H and O–H groups in total. The van der Waals surface area contributed by atoms with Crippen LogP contribution in [0.15, 0.2) is 53.8 Å². The molecule has 6 nitrogen and oxygen atoms in total. The molecule has 1 aliphatic heterocycles. The summed E-state index contributed by atoms with van der Waals surface area (Å²) in [5.41, 5.74) is 5.15. The van der Waals surface area contributed by atoms with E-state index in [1.165, 1.54) is 5.56 Å². The van der Waals surface area contributed by atoms with Crippen LogP contribution < -0.4 is 5.32 Å². The van der Waals surface area contributed by atoms with Gasteiger partial charge in [0.2, 0.25) is 0 Å². The van der Waals surface area contributed by atoms with E-state index in [2.05, 4.69) is 52.7 Å². The normalized spacial score (nSPS) is 12.6. The van der Waals surface area contributed by atoms with Crippen LogP contribution in [0.2, 0.25) is 0 Å². The Morgan fingerprint density at radius 3 is 2.96 bits per heavy atom. The molecule has 3 heterocycles. The van der Waals surface area contributed by atoms with Crippen molar-refractivity contribution in [3.05, 3.63) is 60.1 Å². The summed E-state index contributed by atoms with van der Waals surface area (Å²) in [7, 11) is 1.69. The molecule has 0 spiro atoms. The predicted molar refractivity (Wildman–Crippen MR) is 114 cm³/mol. The lowest BCUT2D eigenvalue weighted by Crippen LogP contribution is -2.08. The first-order chi connectivity index (χ1) is 13.8. The minimum Gasteiger partial charge on any atom is -0.383 e. The monoisotopic (exact) mass is 373 g/mol. The number of aromatic nitrogens is 3. The molecule has 6 heteroatoms. The van der Waals surface area contributed by atoms with Crippen molar-refractivity contribution in [3.63, 3.8) is 0 Å². The van der Waals surface area contributed by atoms with Gasteiger partial charge in [-0.3, -0.25) is 0 Å². The molecule has 0 atom stereocenters. The van der Waals surface area contributed by atoms with E-state index in [0.717, 1.165) is 40.6 Å². The van der Waals surface area contributed by atoms with Crippen molar-refractivity contribution in [1.29, 1.82) is 0 Å². The molecule has 4 rings (SSSR count). The number of fused-ring (bicyclic) bond motifs is 1. The Morgan fingerprint density at radius 1 is 1.18 bits per heavy atom. The van der Waals surface area contributed by atoms with E-state index in [-0.39, 0.29) is 0 Å². The van der Waals surface area contributed by atoms with Crippen LogP contribution >= 0.6 is 0 Å². The molecule has 142 valence electrons. The van der Waals surface area contributed by atoms with E-state index < -0.39 is 0 Å². The summed E-state index contributed by atoms with van der Waals surface area (Å²) in [4.78, 5) is 9.32. The number of anilines is 1. The third-order valence-corrected chi connectivity index (χ3v) is 4.52. The molecule has 3 aromatic rings. The second kappa shape index (κ2) is 8.19. The SMILES string of the molecule is COCCNc1cc(-c2c(-c3cccc(C)c3)nc3n2N=CCC=C3)ccn1. The van der Waals surface area contributed by atoms with Crippen molar-refractivity contribution in [3.8, 4) is 22.5 Å². The third-order valence-electron chi connectivity index (χ3n) is 4.52. The number of nitrogens with one attached hydrogen (secondary N) is 1. The van der Waals surface area contributed by atoms with Crippen molar-refractivity contribution in [1.82, 2.24) is 14.6 Å². The second-order valence-corrected chi connectivity index (χ2v) is 6.63. The van der Waals surface area contributed by atoms with Gasteiger partial charge in [-0.05, 0) is 31.2 Å². The number of hydrogen-bond donors (Lipinski definition) is 1. The maximum atomic E-state index is 5.11. The maximum absolute atomic E-state index is 5.11. The summed E-state index contributed by atoms with van der Waals surface area (Å²) in [5.74, 6) is 1.62. The van der Waals surface area contributed by atoms with Gasteiger partial charge in [0.25, 0.3) is 0 Å². The molecular formula is C22H23N5O. The van der Waals surface area contributed by atoms with Gasteiger partial charge in [0, 0.05) is 43.6 Å². The molecule has 0 aliphatic carbocycles. The Bertz CT molecular complexity index is 1040. The highest BCUT2D eigenvalue weighted by atomic mass is 16.5. The van der Waals surface area contributed by atoms with Crippen molar-refractivity contribution < 1.29 is 4.74 Å². The number of rotatable bonds is 6. The van der Waals surface area contributed by atoms with E-state index >= 15 is 0 Å². The molecule has 0 saturated heterocycles. The fraction of sp³-hybridized carbons (Fsp3) is 0.227. The first kappa shape index (κ1) is 18.1. The largest absolute Gasteiger partial charge is 0.383 e. The van der Waals surface area contributed by atoms with Gasteiger partial charge in [0.05, 0.1) is 12.3 Å². The van der Waals surface area contributed by atoms with Crippen LogP contribution in [-0.2, 0) is 4.74 Å². The number of imidazole rings is 1. The smallest absolute Gasteiger partial charge is 0.154 e. The summed E-state index contributed by atoms with van der Waals surface area (Å²) in [6.45, 7) is 3.41. The second-order valence-electron chi connectivity index (χ2n) is 6.63. The quantitative estimate of drug-likeness (QED) is 0.657. The predicted octanol–water partition coefficient (Wildman–Crippen LogP) is 4.23.